The SMILES string of the molecule is CCC(C)CC(CC)N1CCC(N)C1. The molecule has 14 heavy (non-hydrogen) atoms. The standard InChI is InChI=1S/C12H26N2/c1-4-10(3)8-12(5-2)14-7-6-11(13)9-14/h10-12H,4-9,13H2,1-3H3. The van der Waals surface area contributed by atoms with Crippen molar-refractivity contribution in [2.75, 3.05) is 13.1 Å². The Morgan fingerprint density at radius 1 is 1.36 bits per heavy atom. The molecule has 0 spiro atoms. The van der Waals surface area contributed by atoms with E-state index in [1.165, 1.54) is 32.2 Å². The zero-order chi connectivity index (χ0) is 10.6. The Morgan fingerprint density at radius 2 is 2.07 bits per heavy atom. The minimum absolute atomic E-state index is 0.431. The van der Waals surface area contributed by atoms with Crippen molar-refractivity contribution in [3.63, 3.8) is 0 Å². The summed E-state index contributed by atoms with van der Waals surface area (Å²) in [5.41, 5.74) is 5.94. The van der Waals surface area contributed by atoms with Crippen molar-refractivity contribution in [1.82, 2.24) is 4.90 Å². The molecule has 2 nitrogen and oxygen atoms in total. The quantitative estimate of drug-likeness (QED) is 0.734. The fourth-order valence-electron chi connectivity index (χ4n) is 2.35. The lowest BCUT2D eigenvalue weighted by atomic mass is 9.97. The van der Waals surface area contributed by atoms with Crippen LogP contribution < -0.4 is 5.73 Å². The van der Waals surface area contributed by atoms with E-state index in [9.17, 15) is 0 Å². The highest BCUT2D eigenvalue weighted by molar-refractivity contribution is 4.83. The topological polar surface area (TPSA) is 29.3 Å². The third-order valence-corrected chi connectivity index (χ3v) is 3.62. The molecule has 2 N–H and O–H groups in total. The van der Waals surface area contributed by atoms with Crippen molar-refractivity contribution < 1.29 is 0 Å². The van der Waals surface area contributed by atoms with Gasteiger partial charge in [0.1, 0.15) is 0 Å². The maximum Gasteiger partial charge on any atom is 0.0180 e. The summed E-state index contributed by atoms with van der Waals surface area (Å²) in [6, 6.07) is 1.21. The van der Waals surface area contributed by atoms with E-state index in [1.807, 2.05) is 0 Å². The number of hydrogen-bond donors (Lipinski definition) is 1. The molecule has 1 saturated heterocycles. The van der Waals surface area contributed by atoms with Crippen LogP contribution in [-0.4, -0.2) is 30.1 Å². The van der Waals surface area contributed by atoms with Crippen LogP contribution in [0, 0.1) is 5.92 Å². The van der Waals surface area contributed by atoms with Crippen LogP contribution in [0.25, 0.3) is 0 Å². The van der Waals surface area contributed by atoms with Gasteiger partial charge >= 0.3 is 0 Å². The Hall–Kier alpha value is -0.0800. The first-order valence-corrected chi connectivity index (χ1v) is 6.17. The Labute approximate surface area is 88.8 Å². The van der Waals surface area contributed by atoms with Crippen LogP contribution >= 0.6 is 0 Å². The van der Waals surface area contributed by atoms with E-state index in [0.29, 0.717) is 6.04 Å². The number of likely N-dealkylation sites (tertiary alicyclic amines) is 1. The van der Waals surface area contributed by atoms with Gasteiger partial charge in [0.25, 0.3) is 0 Å². The third kappa shape index (κ3) is 3.25. The van der Waals surface area contributed by atoms with Crippen LogP contribution in [0.1, 0.15) is 46.5 Å². The van der Waals surface area contributed by atoms with E-state index in [0.717, 1.165) is 18.5 Å². The van der Waals surface area contributed by atoms with Gasteiger partial charge in [-0.2, -0.15) is 0 Å². The molecule has 0 radical (unpaired) electrons. The molecule has 2 heteroatoms. The van der Waals surface area contributed by atoms with Gasteiger partial charge in [-0.1, -0.05) is 27.2 Å². The summed E-state index contributed by atoms with van der Waals surface area (Å²) < 4.78 is 0. The highest BCUT2D eigenvalue weighted by Gasteiger charge is 2.25. The minimum Gasteiger partial charge on any atom is -0.326 e. The Balaban J connectivity index is 2.37. The monoisotopic (exact) mass is 198 g/mol. The molecule has 1 heterocycles. The molecule has 1 aliphatic rings. The zero-order valence-corrected chi connectivity index (χ0v) is 10.00. The molecule has 0 bridgehead atoms. The minimum atomic E-state index is 0.431. The van der Waals surface area contributed by atoms with E-state index in [4.69, 9.17) is 5.73 Å². The number of nitrogens with two attached hydrogens (primary N) is 1. The molecule has 3 unspecified atom stereocenters. The molecule has 0 amide bonds. The number of nitrogens with zero attached hydrogens (tertiary/aromatic N) is 1. The van der Waals surface area contributed by atoms with Gasteiger partial charge in [-0.3, -0.25) is 4.90 Å². The third-order valence-electron chi connectivity index (χ3n) is 3.62. The van der Waals surface area contributed by atoms with Gasteiger partial charge in [0.2, 0.25) is 0 Å². The Bertz CT molecular complexity index is 158. The lowest BCUT2D eigenvalue weighted by Crippen LogP contribution is -2.36. The van der Waals surface area contributed by atoms with Gasteiger partial charge in [-0.25, -0.2) is 0 Å². The van der Waals surface area contributed by atoms with E-state index in [2.05, 4.69) is 25.7 Å². The van der Waals surface area contributed by atoms with Crippen molar-refractivity contribution in [3.8, 4) is 0 Å². The first-order chi connectivity index (χ1) is 6.67. The van der Waals surface area contributed by atoms with Gasteiger partial charge in [0.15, 0.2) is 0 Å². The second kappa shape index (κ2) is 5.72. The molecular formula is C12H26N2. The van der Waals surface area contributed by atoms with Gasteiger partial charge in [-0.05, 0) is 25.2 Å². The molecule has 3 atom stereocenters. The van der Waals surface area contributed by atoms with Crippen molar-refractivity contribution >= 4 is 0 Å². The zero-order valence-electron chi connectivity index (χ0n) is 10.00. The summed E-state index contributed by atoms with van der Waals surface area (Å²) in [6.45, 7) is 9.29. The van der Waals surface area contributed by atoms with Crippen LogP contribution in [0.3, 0.4) is 0 Å². The number of hydrogen-bond acceptors (Lipinski definition) is 2. The lowest BCUT2D eigenvalue weighted by molar-refractivity contribution is 0.199. The largest absolute Gasteiger partial charge is 0.326 e. The van der Waals surface area contributed by atoms with E-state index in [-0.39, 0.29) is 0 Å². The van der Waals surface area contributed by atoms with Crippen LogP contribution in [0.2, 0.25) is 0 Å². The molecular weight excluding hydrogens is 172 g/mol. The molecule has 0 saturated carbocycles. The Kier molecular flexibility index (Phi) is 4.90. The van der Waals surface area contributed by atoms with Crippen molar-refractivity contribution in [1.29, 1.82) is 0 Å². The molecule has 1 fully saturated rings. The molecule has 84 valence electrons. The molecule has 0 aromatic carbocycles. The van der Waals surface area contributed by atoms with Crippen LogP contribution in [0.5, 0.6) is 0 Å². The van der Waals surface area contributed by atoms with Crippen molar-refractivity contribution in [3.05, 3.63) is 0 Å². The average Bonchev–Trinajstić information content (AvgIpc) is 2.60. The number of rotatable bonds is 5. The van der Waals surface area contributed by atoms with E-state index >= 15 is 0 Å². The lowest BCUT2D eigenvalue weighted by Gasteiger charge is -2.28. The van der Waals surface area contributed by atoms with Crippen LogP contribution in [-0.2, 0) is 0 Å². The van der Waals surface area contributed by atoms with E-state index in [1.54, 1.807) is 0 Å². The van der Waals surface area contributed by atoms with Crippen LogP contribution in [0.15, 0.2) is 0 Å². The second-order valence-electron chi connectivity index (χ2n) is 4.85. The molecule has 1 aliphatic heterocycles. The first kappa shape index (κ1) is 12.0. The Morgan fingerprint density at radius 3 is 2.50 bits per heavy atom. The second-order valence-corrected chi connectivity index (χ2v) is 4.85. The van der Waals surface area contributed by atoms with Gasteiger partial charge in [-0.15, -0.1) is 0 Å². The average molecular weight is 198 g/mol. The first-order valence-electron chi connectivity index (χ1n) is 6.17. The summed E-state index contributed by atoms with van der Waals surface area (Å²) >= 11 is 0. The highest BCUT2D eigenvalue weighted by Crippen LogP contribution is 2.21. The predicted octanol–water partition coefficient (Wildman–Crippen LogP) is 2.23. The molecule has 1 rings (SSSR count). The van der Waals surface area contributed by atoms with Crippen molar-refractivity contribution in [2.45, 2.75) is 58.5 Å². The van der Waals surface area contributed by atoms with Crippen LogP contribution in [0.4, 0.5) is 0 Å². The van der Waals surface area contributed by atoms with Crippen molar-refractivity contribution in [2.24, 2.45) is 11.7 Å². The smallest absolute Gasteiger partial charge is 0.0180 e. The summed E-state index contributed by atoms with van der Waals surface area (Å²) in [4.78, 5) is 2.59. The normalized spacial score (nSPS) is 27.9. The van der Waals surface area contributed by atoms with Gasteiger partial charge in [0.05, 0.1) is 0 Å². The fraction of sp³-hybridized carbons (Fsp3) is 1.00. The maximum atomic E-state index is 5.94. The summed E-state index contributed by atoms with van der Waals surface area (Å²) in [6.07, 6.45) is 5.12. The summed E-state index contributed by atoms with van der Waals surface area (Å²) in [5.74, 6) is 0.858. The molecule has 0 aromatic rings. The summed E-state index contributed by atoms with van der Waals surface area (Å²) in [7, 11) is 0. The predicted molar refractivity (Wildman–Crippen MR) is 62.3 cm³/mol. The van der Waals surface area contributed by atoms with Gasteiger partial charge < -0.3 is 5.73 Å². The molecule has 0 aromatic heterocycles. The fourth-order valence-corrected chi connectivity index (χ4v) is 2.35. The maximum absolute atomic E-state index is 5.94. The molecule has 0 aliphatic carbocycles. The van der Waals surface area contributed by atoms with Gasteiger partial charge in [0, 0.05) is 25.2 Å². The van der Waals surface area contributed by atoms with E-state index < -0.39 is 0 Å². The summed E-state index contributed by atoms with van der Waals surface area (Å²) in [5, 5.41) is 0. The highest BCUT2D eigenvalue weighted by atomic mass is 15.2.